The van der Waals surface area contributed by atoms with E-state index in [1.165, 1.54) is 0 Å². The van der Waals surface area contributed by atoms with Crippen molar-refractivity contribution in [2.24, 2.45) is 0 Å². The van der Waals surface area contributed by atoms with E-state index in [1.54, 1.807) is 11.9 Å². The van der Waals surface area contributed by atoms with Gasteiger partial charge in [-0.25, -0.2) is 0 Å². The predicted octanol–water partition coefficient (Wildman–Crippen LogP) is 1.04. The number of carbonyl (C=O) groups excluding carboxylic acids is 1. The highest BCUT2D eigenvalue weighted by atomic mass is 16.6. The van der Waals surface area contributed by atoms with Crippen molar-refractivity contribution in [1.29, 1.82) is 0 Å². The number of aliphatic hydroxyl groups is 1. The number of benzene rings is 1. The fourth-order valence-electron chi connectivity index (χ4n) is 2.76. The Kier molecular flexibility index (Phi) is 3.74. The van der Waals surface area contributed by atoms with Gasteiger partial charge in [-0.15, -0.1) is 0 Å². The Morgan fingerprint density at radius 2 is 2.20 bits per heavy atom. The number of aryl methyl sites for hydroxylation is 1. The third kappa shape index (κ3) is 2.44. The topological polar surface area (TPSA) is 59.0 Å². The van der Waals surface area contributed by atoms with Crippen LogP contribution in [0.15, 0.2) is 18.2 Å². The highest BCUT2D eigenvalue weighted by molar-refractivity contribution is 5.95. The normalized spacial score (nSPS) is 24.4. The smallest absolute Gasteiger partial charge is 0.227 e. The van der Waals surface area contributed by atoms with Crippen LogP contribution in [0.2, 0.25) is 0 Å². The van der Waals surface area contributed by atoms with Gasteiger partial charge in [-0.3, -0.25) is 4.79 Å². The predicted molar refractivity (Wildman–Crippen MR) is 73.7 cm³/mol. The first-order valence-electron chi connectivity index (χ1n) is 6.93. The maximum absolute atomic E-state index is 11.7. The van der Waals surface area contributed by atoms with E-state index in [0.29, 0.717) is 26.2 Å². The average molecular weight is 277 g/mol. The second-order valence-electron chi connectivity index (χ2n) is 5.27. The number of fused-ring (bicyclic) bond motifs is 1. The van der Waals surface area contributed by atoms with Gasteiger partial charge in [0.25, 0.3) is 0 Å². The number of ether oxygens (including phenoxy) is 2. The summed E-state index contributed by atoms with van der Waals surface area (Å²) in [6.45, 7) is 1.51. The van der Waals surface area contributed by atoms with Crippen molar-refractivity contribution in [1.82, 2.24) is 0 Å². The molecule has 2 aliphatic heterocycles. The lowest BCUT2D eigenvalue weighted by Crippen LogP contribution is -2.34. The van der Waals surface area contributed by atoms with Crippen molar-refractivity contribution in [2.45, 2.75) is 25.0 Å². The van der Waals surface area contributed by atoms with Gasteiger partial charge in [0.1, 0.15) is 12.2 Å². The van der Waals surface area contributed by atoms with E-state index in [4.69, 9.17) is 9.47 Å². The van der Waals surface area contributed by atoms with Crippen LogP contribution in [0.3, 0.4) is 0 Å². The number of nitrogens with zero attached hydrogens (tertiary/aromatic N) is 1. The van der Waals surface area contributed by atoms with E-state index in [-0.39, 0.29) is 12.0 Å². The number of hydrogen-bond acceptors (Lipinski definition) is 4. The maximum Gasteiger partial charge on any atom is 0.227 e. The second kappa shape index (κ2) is 5.52. The molecule has 5 heteroatoms. The first-order chi connectivity index (χ1) is 9.66. The molecule has 1 amide bonds. The number of hydrogen-bond donors (Lipinski definition) is 1. The van der Waals surface area contributed by atoms with Crippen molar-refractivity contribution in [3.8, 4) is 0 Å². The summed E-state index contributed by atoms with van der Waals surface area (Å²) in [6.07, 6.45) is 0.237. The highest BCUT2D eigenvalue weighted by Crippen LogP contribution is 2.31. The molecule has 0 radical (unpaired) electrons. The van der Waals surface area contributed by atoms with Crippen LogP contribution in [0.4, 0.5) is 5.69 Å². The molecule has 3 rings (SSSR count). The minimum absolute atomic E-state index is 0.134. The molecule has 2 heterocycles. The molecule has 0 spiro atoms. The van der Waals surface area contributed by atoms with Crippen LogP contribution in [0, 0.1) is 0 Å². The number of rotatable bonds is 2. The number of aliphatic hydroxyl groups excluding tert-OH is 1. The summed E-state index contributed by atoms with van der Waals surface area (Å²) in [7, 11) is 1.79. The number of amides is 1. The quantitative estimate of drug-likeness (QED) is 0.877. The third-order valence-corrected chi connectivity index (χ3v) is 3.98. The maximum atomic E-state index is 11.7. The minimum atomic E-state index is -0.691. The molecule has 1 aromatic carbocycles. The minimum Gasteiger partial charge on any atom is -0.386 e. The molecule has 108 valence electrons. The van der Waals surface area contributed by atoms with Crippen molar-refractivity contribution in [2.75, 3.05) is 31.8 Å². The summed E-state index contributed by atoms with van der Waals surface area (Å²) in [5.41, 5.74) is 2.85. The first kappa shape index (κ1) is 13.5. The molecular weight excluding hydrogens is 258 g/mol. The lowest BCUT2D eigenvalue weighted by atomic mass is 9.95. The molecule has 1 aromatic rings. The molecule has 2 aliphatic rings. The van der Waals surface area contributed by atoms with Gasteiger partial charge in [0, 0.05) is 19.2 Å². The molecule has 0 saturated carbocycles. The van der Waals surface area contributed by atoms with Gasteiger partial charge in [-0.05, 0) is 23.6 Å². The van der Waals surface area contributed by atoms with Crippen LogP contribution in [-0.4, -0.2) is 44.0 Å². The van der Waals surface area contributed by atoms with Crippen molar-refractivity contribution < 1.29 is 19.4 Å². The van der Waals surface area contributed by atoms with E-state index in [9.17, 15) is 9.90 Å². The van der Waals surface area contributed by atoms with Gasteiger partial charge >= 0.3 is 0 Å². The van der Waals surface area contributed by atoms with Crippen LogP contribution >= 0.6 is 0 Å². The van der Waals surface area contributed by atoms with Crippen molar-refractivity contribution >= 4 is 11.6 Å². The van der Waals surface area contributed by atoms with Gasteiger partial charge in [-0.1, -0.05) is 12.1 Å². The van der Waals surface area contributed by atoms with Gasteiger partial charge in [0.15, 0.2) is 0 Å². The van der Waals surface area contributed by atoms with Gasteiger partial charge in [0.2, 0.25) is 5.91 Å². The lowest BCUT2D eigenvalue weighted by molar-refractivity contribution is -0.133. The summed E-state index contributed by atoms with van der Waals surface area (Å²) >= 11 is 0. The Bertz CT molecular complexity index is 511. The average Bonchev–Trinajstić information content (AvgIpc) is 2.51. The molecule has 0 aromatic heterocycles. The summed E-state index contributed by atoms with van der Waals surface area (Å²) in [6, 6.07) is 5.73. The summed E-state index contributed by atoms with van der Waals surface area (Å²) in [5.74, 6) is 0.134. The summed E-state index contributed by atoms with van der Waals surface area (Å²) < 4.78 is 10.9. The van der Waals surface area contributed by atoms with Crippen LogP contribution in [0.25, 0.3) is 0 Å². The van der Waals surface area contributed by atoms with Crippen LogP contribution in [-0.2, 0) is 20.7 Å². The van der Waals surface area contributed by atoms with Crippen molar-refractivity contribution in [3.63, 3.8) is 0 Å². The van der Waals surface area contributed by atoms with E-state index >= 15 is 0 Å². The Labute approximate surface area is 118 Å². The van der Waals surface area contributed by atoms with Crippen molar-refractivity contribution in [3.05, 3.63) is 29.3 Å². The van der Waals surface area contributed by atoms with Gasteiger partial charge < -0.3 is 19.5 Å². The zero-order valence-corrected chi connectivity index (χ0v) is 11.5. The second-order valence-corrected chi connectivity index (χ2v) is 5.27. The zero-order valence-electron chi connectivity index (χ0n) is 11.5. The number of carbonyl (C=O) groups is 1. The zero-order chi connectivity index (χ0) is 14.1. The SMILES string of the molecule is CN1C(=O)CCc2cc(C(O)C3COCCO3)ccc21. The molecule has 1 fully saturated rings. The van der Waals surface area contributed by atoms with E-state index in [0.717, 1.165) is 23.2 Å². The molecule has 1 saturated heterocycles. The van der Waals surface area contributed by atoms with Crippen LogP contribution < -0.4 is 4.90 Å². The van der Waals surface area contributed by atoms with Crippen LogP contribution in [0.1, 0.15) is 23.7 Å². The molecule has 1 N–H and O–H groups in total. The first-order valence-corrected chi connectivity index (χ1v) is 6.93. The fourth-order valence-corrected chi connectivity index (χ4v) is 2.76. The Balaban J connectivity index is 1.83. The van der Waals surface area contributed by atoms with E-state index < -0.39 is 6.10 Å². The van der Waals surface area contributed by atoms with E-state index in [2.05, 4.69) is 0 Å². The molecular formula is C15H19NO4. The van der Waals surface area contributed by atoms with Gasteiger partial charge in [0.05, 0.1) is 19.8 Å². The molecule has 5 nitrogen and oxygen atoms in total. The summed E-state index contributed by atoms with van der Waals surface area (Å²) in [4.78, 5) is 13.3. The third-order valence-electron chi connectivity index (χ3n) is 3.98. The Morgan fingerprint density at radius 3 is 2.95 bits per heavy atom. The molecule has 0 aliphatic carbocycles. The molecule has 2 atom stereocenters. The van der Waals surface area contributed by atoms with Gasteiger partial charge in [-0.2, -0.15) is 0 Å². The highest BCUT2D eigenvalue weighted by Gasteiger charge is 2.27. The Morgan fingerprint density at radius 1 is 1.35 bits per heavy atom. The molecule has 20 heavy (non-hydrogen) atoms. The van der Waals surface area contributed by atoms with E-state index in [1.807, 2.05) is 18.2 Å². The monoisotopic (exact) mass is 277 g/mol. The standard InChI is InChI=1S/C15H19NO4/c1-16-12-4-2-11(8-10(12)3-5-14(16)17)15(18)13-9-19-6-7-20-13/h2,4,8,13,15,18H,3,5-7,9H2,1H3. The summed E-state index contributed by atoms with van der Waals surface area (Å²) in [5, 5.41) is 10.4. The molecule has 0 bridgehead atoms. The fraction of sp³-hybridized carbons (Fsp3) is 0.533. The number of anilines is 1. The molecule has 2 unspecified atom stereocenters. The van der Waals surface area contributed by atoms with Crippen LogP contribution in [0.5, 0.6) is 0 Å². The Hall–Kier alpha value is -1.43. The lowest BCUT2D eigenvalue weighted by Gasteiger charge is -2.29. The largest absolute Gasteiger partial charge is 0.386 e.